The van der Waals surface area contributed by atoms with Crippen LogP contribution in [0.4, 0.5) is 0 Å². The highest BCUT2D eigenvalue weighted by atomic mass is 16.6. The fourth-order valence-electron chi connectivity index (χ4n) is 0.763. The number of hydrogen-bond donors (Lipinski definition) is 2. The molecule has 0 spiro atoms. The molecule has 0 aromatic rings. The van der Waals surface area contributed by atoms with Crippen LogP contribution in [0.25, 0.3) is 0 Å². The normalized spacial score (nSPS) is 12.4. The molecule has 5 heteroatoms. The van der Waals surface area contributed by atoms with E-state index in [1.54, 1.807) is 7.05 Å². The first-order valence-corrected chi connectivity index (χ1v) is 4.68. The SMILES string of the molecule is CCC(C)(C)CN/C(=C/[N+](=O)[O-])NC. The van der Waals surface area contributed by atoms with Gasteiger partial charge in [0.1, 0.15) is 0 Å². The van der Waals surface area contributed by atoms with Crippen LogP contribution >= 0.6 is 0 Å². The fraction of sp³-hybridized carbons (Fsp3) is 0.778. The number of nitrogens with one attached hydrogen (secondary N) is 2. The van der Waals surface area contributed by atoms with Gasteiger partial charge in [0.2, 0.25) is 0 Å². The van der Waals surface area contributed by atoms with Crippen molar-refractivity contribution in [1.82, 2.24) is 10.6 Å². The zero-order chi connectivity index (χ0) is 11.2. The second-order valence-corrected chi connectivity index (χ2v) is 3.95. The van der Waals surface area contributed by atoms with Gasteiger partial charge in [-0.25, -0.2) is 0 Å². The topological polar surface area (TPSA) is 67.2 Å². The van der Waals surface area contributed by atoms with E-state index in [9.17, 15) is 10.1 Å². The molecule has 82 valence electrons. The van der Waals surface area contributed by atoms with E-state index < -0.39 is 4.92 Å². The van der Waals surface area contributed by atoms with Crippen LogP contribution in [-0.4, -0.2) is 18.5 Å². The summed E-state index contributed by atoms with van der Waals surface area (Å²) in [6.45, 7) is 7.03. The van der Waals surface area contributed by atoms with Gasteiger partial charge in [-0.15, -0.1) is 0 Å². The third-order valence-corrected chi connectivity index (χ3v) is 2.22. The number of nitrogens with zero attached hydrogens (tertiary/aromatic N) is 1. The molecule has 0 radical (unpaired) electrons. The maximum atomic E-state index is 10.2. The maximum absolute atomic E-state index is 10.2. The Morgan fingerprint density at radius 2 is 2.14 bits per heavy atom. The van der Waals surface area contributed by atoms with Crippen LogP contribution in [-0.2, 0) is 0 Å². The van der Waals surface area contributed by atoms with E-state index in [2.05, 4.69) is 31.4 Å². The molecule has 0 aliphatic heterocycles. The first-order valence-electron chi connectivity index (χ1n) is 4.68. The van der Waals surface area contributed by atoms with Crippen LogP contribution in [0.15, 0.2) is 12.0 Å². The van der Waals surface area contributed by atoms with Gasteiger partial charge in [-0.05, 0) is 11.8 Å². The predicted octanol–water partition coefficient (Wildman–Crippen LogP) is 1.31. The summed E-state index contributed by atoms with van der Waals surface area (Å²) in [6, 6.07) is 0. The van der Waals surface area contributed by atoms with Gasteiger partial charge in [-0.1, -0.05) is 20.8 Å². The molecule has 0 rings (SSSR count). The molecule has 5 nitrogen and oxygen atoms in total. The Hall–Kier alpha value is -1.26. The third kappa shape index (κ3) is 5.40. The first-order chi connectivity index (χ1) is 6.41. The summed E-state index contributed by atoms with van der Waals surface area (Å²) in [5.74, 6) is 0.441. The number of nitro groups is 1. The van der Waals surface area contributed by atoms with Crippen molar-refractivity contribution in [2.75, 3.05) is 13.6 Å². The van der Waals surface area contributed by atoms with Gasteiger partial charge in [-0.2, -0.15) is 0 Å². The highest BCUT2D eigenvalue weighted by Crippen LogP contribution is 2.17. The maximum Gasteiger partial charge on any atom is 0.274 e. The van der Waals surface area contributed by atoms with Gasteiger partial charge in [0.05, 0.1) is 4.92 Å². The highest BCUT2D eigenvalue weighted by Gasteiger charge is 2.15. The van der Waals surface area contributed by atoms with Gasteiger partial charge < -0.3 is 10.6 Å². The quantitative estimate of drug-likeness (QED) is 0.502. The molecule has 0 fully saturated rings. The summed E-state index contributed by atoms with van der Waals surface area (Å²) >= 11 is 0. The summed E-state index contributed by atoms with van der Waals surface area (Å²) < 4.78 is 0. The van der Waals surface area contributed by atoms with Crippen LogP contribution in [0, 0.1) is 15.5 Å². The fourth-order valence-corrected chi connectivity index (χ4v) is 0.763. The van der Waals surface area contributed by atoms with Crippen LogP contribution in [0.1, 0.15) is 27.2 Å². The van der Waals surface area contributed by atoms with Gasteiger partial charge in [0.25, 0.3) is 6.20 Å². The lowest BCUT2D eigenvalue weighted by Crippen LogP contribution is -2.33. The summed E-state index contributed by atoms with van der Waals surface area (Å²) in [5.41, 5.74) is 0.145. The Bertz CT molecular complexity index is 224. The molecule has 0 amide bonds. The van der Waals surface area contributed by atoms with Gasteiger partial charge >= 0.3 is 0 Å². The Kier molecular flexibility index (Phi) is 4.97. The van der Waals surface area contributed by atoms with E-state index >= 15 is 0 Å². The molecule has 0 atom stereocenters. The zero-order valence-electron chi connectivity index (χ0n) is 9.26. The van der Waals surface area contributed by atoms with E-state index in [0.717, 1.165) is 12.6 Å². The molecule has 0 aliphatic carbocycles. The van der Waals surface area contributed by atoms with Crippen molar-refractivity contribution < 1.29 is 4.92 Å². The predicted molar refractivity (Wildman–Crippen MR) is 56.2 cm³/mol. The van der Waals surface area contributed by atoms with Gasteiger partial charge in [0, 0.05) is 13.6 Å². The average molecular weight is 201 g/mol. The zero-order valence-corrected chi connectivity index (χ0v) is 9.26. The second-order valence-electron chi connectivity index (χ2n) is 3.95. The summed E-state index contributed by atoms with van der Waals surface area (Å²) in [7, 11) is 1.65. The molecule has 0 aromatic heterocycles. The van der Waals surface area contributed by atoms with Crippen molar-refractivity contribution in [2.45, 2.75) is 27.2 Å². The molecule has 2 N–H and O–H groups in total. The molecule has 0 saturated carbocycles. The average Bonchev–Trinajstić information content (AvgIpc) is 2.12. The Balaban J connectivity index is 4.15. The highest BCUT2D eigenvalue weighted by molar-refractivity contribution is 4.91. The van der Waals surface area contributed by atoms with Crippen LogP contribution in [0.5, 0.6) is 0 Å². The molecular weight excluding hydrogens is 182 g/mol. The molecule has 0 bridgehead atoms. The summed E-state index contributed by atoms with van der Waals surface area (Å²) in [6.07, 6.45) is 1.96. The third-order valence-electron chi connectivity index (χ3n) is 2.22. The molecule has 14 heavy (non-hydrogen) atoms. The molecule has 0 aromatic carbocycles. The molecular formula is C9H19N3O2. The molecule has 0 saturated heterocycles. The summed E-state index contributed by atoms with van der Waals surface area (Å²) in [4.78, 5) is 9.74. The van der Waals surface area contributed by atoms with E-state index in [1.165, 1.54) is 0 Å². The van der Waals surface area contributed by atoms with E-state index in [0.29, 0.717) is 12.4 Å². The molecule has 0 aliphatic rings. The van der Waals surface area contributed by atoms with E-state index in [4.69, 9.17) is 0 Å². The minimum Gasteiger partial charge on any atom is -0.370 e. The van der Waals surface area contributed by atoms with Crippen LogP contribution in [0.3, 0.4) is 0 Å². The minimum atomic E-state index is -0.474. The standard InChI is InChI=1S/C9H19N3O2/c1-5-9(2,3)7-11-8(10-4)6-12(13)14/h6,10-11H,5,7H2,1-4H3/b8-6+. The first kappa shape index (κ1) is 12.7. The Morgan fingerprint density at radius 3 is 2.50 bits per heavy atom. The lowest BCUT2D eigenvalue weighted by molar-refractivity contribution is -0.404. The monoisotopic (exact) mass is 201 g/mol. The lowest BCUT2D eigenvalue weighted by atomic mass is 9.90. The van der Waals surface area contributed by atoms with Crippen LogP contribution < -0.4 is 10.6 Å². The van der Waals surface area contributed by atoms with Crippen molar-refractivity contribution in [3.05, 3.63) is 22.1 Å². The van der Waals surface area contributed by atoms with E-state index in [-0.39, 0.29) is 5.41 Å². The van der Waals surface area contributed by atoms with Gasteiger partial charge in [-0.3, -0.25) is 10.1 Å². The second kappa shape index (κ2) is 5.47. The smallest absolute Gasteiger partial charge is 0.274 e. The Morgan fingerprint density at radius 1 is 1.57 bits per heavy atom. The van der Waals surface area contributed by atoms with Crippen molar-refractivity contribution >= 4 is 0 Å². The van der Waals surface area contributed by atoms with Crippen molar-refractivity contribution in [3.8, 4) is 0 Å². The molecule has 0 unspecified atom stereocenters. The van der Waals surface area contributed by atoms with Gasteiger partial charge in [0.15, 0.2) is 5.82 Å². The Labute approximate surface area is 84.7 Å². The number of hydrogen-bond acceptors (Lipinski definition) is 4. The minimum absolute atomic E-state index is 0.145. The largest absolute Gasteiger partial charge is 0.370 e. The van der Waals surface area contributed by atoms with Crippen molar-refractivity contribution in [1.29, 1.82) is 0 Å². The van der Waals surface area contributed by atoms with Crippen molar-refractivity contribution in [3.63, 3.8) is 0 Å². The summed E-state index contributed by atoms with van der Waals surface area (Å²) in [5, 5.41) is 16.0. The number of rotatable bonds is 6. The van der Waals surface area contributed by atoms with Crippen molar-refractivity contribution in [2.24, 2.45) is 5.41 Å². The molecule has 0 heterocycles. The van der Waals surface area contributed by atoms with E-state index in [1.807, 2.05) is 0 Å². The lowest BCUT2D eigenvalue weighted by Gasteiger charge is -2.23. The van der Waals surface area contributed by atoms with Crippen LogP contribution in [0.2, 0.25) is 0 Å².